The van der Waals surface area contributed by atoms with E-state index in [9.17, 15) is 4.79 Å². The molecule has 0 saturated carbocycles. The third-order valence-corrected chi connectivity index (χ3v) is 5.37. The molecule has 4 aromatic rings. The predicted octanol–water partition coefficient (Wildman–Crippen LogP) is 2.36. The lowest BCUT2D eigenvalue weighted by atomic mass is 10.2. The highest BCUT2D eigenvalue weighted by Crippen LogP contribution is 2.28. The molecule has 0 radical (unpaired) electrons. The molecule has 0 aromatic carbocycles. The Morgan fingerprint density at radius 1 is 1.21 bits per heavy atom. The minimum absolute atomic E-state index is 0.120. The molecule has 4 aromatic heterocycles. The Hall–Kier alpha value is -3.14. The maximum atomic E-state index is 13.1. The average molecular weight is 439 g/mol. The van der Waals surface area contributed by atoms with Gasteiger partial charge in [0.05, 0.1) is 11.6 Å². The van der Waals surface area contributed by atoms with Crippen LogP contribution in [0.4, 0.5) is 0 Å². The van der Waals surface area contributed by atoms with E-state index in [1.807, 2.05) is 29.8 Å². The molecule has 0 spiro atoms. The van der Waals surface area contributed by atoms with Crippen LogP contribution < -0.4 is 0 Å². The normalized spacial score (nSPS) is 16.4. The van der Waals surface area contributed by atoms with E-state index in [1.165, 1.54) is 6.33 Å². The van der Waals surface area contributed by atoms with Gasteiger partial charge >= 0.3 is 0 Å². The second-order valence-corrected chi connectivity index (χ2v) is 7.46. The maximum Gasteiger partial charge on any atom is 0.275 e. The Morgan fingerprint density at radius 3 is 2.93 bits per heavy atom. The van der Waals surface area contributed by atoms with E-state index in [2.05, 4.69) is 41.2 Å². The Balaban J connectivity index is 1.46. The highest BCUT2D eigenvalue weighted by Gasteiger charge is 2.33. The fourth-order valence-electron chi connectivity index (χ4n) is 3.49. The van der Waals surface area contributed by atoms with E-state index < -0.39 is 0 Å². The summed E-state index contributed by atoms with van der Waals surface area (Å²) < 4.78 is 4.61. The summed E-state index contributed by atoms with van der Waals surface area (Å²) in [7, 11) is 0. The number of aromatic nitrogens is 7. The number of pyridine rings is 1. The standard InChI is InChI=1S/C18H15BrN8O/c1-11-16-22-23-17(14-4-5-20-10-21-14)26(16)7-6-25(11)18(28)15-8-13-3-2-12(19)9-27(13)24-15/h2-5,8-11H,6-7H2,1H3. The fraction of sp³-hybridized carbons (Fsp3) is 0.222. The lowest BCUT2D eigenvalue weighted by Crippen LogP contribution is -2.41. The van der Waals surface area contributed by atoms with Crippen LogP contribution >= 0.6 is 15.9 Å². The smallest absolute Gasteiger partial charge is 0.275 e. The molecule has 5 heterocycles. The SMILES string of the molecule is CC1c2nnc(-c3ccncn3)n2CCN1C(=O)c1cc2ccc(Br)cn2n1. The first-order valence-corrected chi connectivity index (χ1v) is 9.56. The van der Waals surface area contributed by atoms with Gasteiger partial charge in [0.2, 0.25) is 0 Å². The van der Waals surface area contributed by atoms with Crippen LogP contribution in [0.3, 0.4) is 0 Å². The fourth-order valence-corrected chi connectivity index (χ4v) is 3.81. The summed E-state index contributed by atoms with van der Waals surface area (Å²) in [5, 5.41) is 13.0. The van der Waals surface area contributed by atoms with E-state index in [4.69, 9.17) is 0 Å². The number of fused-ring (bicyclic) bond motifs is 2. The van der Waals surface area contributed by atoms with Crippen molar-refractivity contribution in [1.29, 1.82) is 0 Å². The van der Waals surface area contributed by atoms with Crippen molar-refractivity contribution in [2.24, 2.45) is 0 Å². The quantitative estimate of drug-likeness (QED) is 0.476. The topological polar surface area (TPSA) is 94.1 Å². The van der Waals surface area contributed by atoms with Crippen LogP contribution in [0.1, 0.15) is 29.3 Å². The van der Waals surface area contributed by atoms with E-state index in [0.717, 1.165) is 15.8 Å². The largest absolute Gasteiger partial charge is 0.325 e. The zero-order chi connectivity index (χ0) is 19.3. The van der Waals surface area contributed by atoms with Crippen molar-refractivity contribution >= 4 is 27.4 Å². The van der Waals surface area contributed by atoms with Crippen molar-refractivity contribution in [3.63, 3.8) is 0 Å². The molecule has 1 aliphatic rings. The molecule has 28 heavy (non-hydrogen) atoms. The third kappa shape index (κ3) is 2.68. The number of rotatable bonds is 2. The maximum absolute atomic E-state index is 13.1. The van der Waals surface area contributed by atoms with Crippen LogP contribution in [-0.2, 0) is 6.54 Å². The van der Waals surface area contributed by atoms with Crippen LogP contribution in [0, 0.1) is 0 Å². The Bertz CT molecular complexity index is 1180. The van der Waals surface area contributed by atoms with Crippen molar-refractivity contribution < 1.29 is 4.79 Å². The molecule has 0 N–H and O–H groups in total. The summed E-state index contributed by atoms with van der Waals surface area (Å²) in [5.41, 5.74) is 1.99. The summed E-state index contributed by atoms with van der Waals surface area (Å²) in [4.78, 5) is 23.1. The summed E-state index contributed by atoms with van der Waals surface area (Å²) in [5.74, 6) is 1.30. The first-order valence-electron chi connectivity index (χ1n) is 8.77. The Morgan fingerprint density at radius 2 is 2.11 bits per heavy atom. The van der Waals surface area contributed by atoms with E-state index >= 15 is 0 Å². The molecule has 0 saturated heterocycles. The van der Waals surface area contributed by atoms with Crippen molar-refractivity contribution in [1.82, 2.24) is 39.2 Å². The van der Waals surface area contributed by atoms with Gasteiger partial charge in [-0.1, -0.05) is 0 Å². The molecule has 0 bridgehead atoms. The van der Waals surface area contributed by atoms with Gasteiger partial charge in [0.1, 0.15) is 12.0 Å². The molecule has 0 aliphatic carbocycles. The van der Waals surface area contributed by atoms with Gasteiger partial charge in [0.25, 0.3) is 5.91 Å². The molecule has 1 amide bonds. The number of hydrogen-bond donors (Lipinski definition) is 0. The Labute approximate surface area is 168 Å². The summed E-state index contributed by atoms with van der Waals surface area (Å²) >= 11 is 3.42. The minimum Gasteiger partial charge on any atom is -0.325 e. The third-order valence-electron chi connectivity index (χ3n) is 4.90. The summed E-state index contributed by atoms with van der Waals surface area (Å²) in [6.45, 7) is 3.09. The first-order chi connectivity index (χ1) is 13.6. The molecular formula is C18H15BrN8O. The summed E-state index contributed by atoms with van der Waals surface area (Å²) in [6.07, 6.45) is 4.99. The molecule has 140 valence electrons. The molecule has 1 atom stereocenters. The number of amides is 1. The highest BCUT2D eigenvalue weighted by atomic mass is 79.9. The van der Waals surface area contributed by atoms with Crippen LogP contribution in [0.25, 0.3) is 17.0 Å². The molecule has 1 unspecified atom stereocenters. The number of carbonyl (C=O) groups excluding carboxylic acids is 1. The van der Waals surface area contributed by atoms with Crippen molar-refractivity contribution in [3.8, 4) is 11.5 Å². The van der Waals surface area contributed by atoms with Crippen molar-refractivity contribution in [2.75, 3.05) is 6.54 Å². The number of hydrogen-bond acceptors (Lipinski definition) is 6. The van der Waals surface area contributed by atoms with Gasteiger partial charge < -0.3 is 9.47 Å². The molecule has 9 nitrogen and oxygen atoms in total. The monoisotopic (exact) mass is 438 g/mol. The number of nitrogens with zero attached hydrogens (tertiary/aromatic N) is 8. The summed E-state index contributed by atoms with van der Waals surface area (Å²) in [6, 6.07) is 7.21. The molecule has 1 aliphatic heterocycles. The first kappa shape index (κ1) is 17.0. The molecular weight excluding hydrogens is 424 g/mol. The lowest BCUT2D eigenvalue weighted by molar-refractivity contribution is 0.0632. The average Bonchev–Trinajstić information content (AvgIpc) is 3.32. The zero-order valence-electron chi connectivity index (χ0n) is 14.9. The van der Waals surface area contributed by atoms with Gasteiger partial charge in [-0.15, -0.1) is 10.2 Å². The number of halogens is 1. The van der Waals surface area contributed by atoms with Gasteiger partial charge in [0.15, 0.2) is 17.3 Å². The predicted molar refractivity (Wildman–Crippen MR) is 103 cm³/mol. The second kappa shape index (κ2) is 6.48. The van der Waals surface area contributed by atoms with E-state index in [0.29, 0.717) is 30.3 Å². The molecule has 5 rings (SSSR count). The Kier molecular flexibility index (Phi) is 3.93. The lowest BCUT2D eigenvalue weighted by Gasteiger charge is -2.33. The minimum atomic E-state index is -0.221. The zero-order valence-corrected chi connectivity index (χ0v) is 16.5. The van der Waals surface area contributed by atoms with Crippen molar-refractivity contribution in [2.45, 2.75) is 19.5 Å². The highest BCUT2D eigenvalue weighted by molar-refractivity contribution is 9.10. The molecule has 10 heteroatoms. The number of carbonyl (C=O) groups is 1. The van der Waals surface area contributed by atoms with E-state index in [-0.39, 0.29) is 11.9 Å². The van der Waals surface area contributed by atoms with Crippen molar-refractivity contribution in [3.05, 3.63) is 59.0 Å². The van der Waals surface area contributed by atoms with Crippen LogP contribution in [0.15, 0.2) is 47.5 Å². The second-order valence-electron chi connectivity index (χ2n) is 6.55. The van der Waals surface area contributed by atoms with Gasteiger partial charge in [0, 0.05) is 30.0 Å². The van der Waals surface area contributed by atoms with Gasteiger partial charge in [-0.3, -0.25) is 4.79 Å². The van der Waals surface area contributed by atoms with Crippen LogP contribution in [0.5, 0.6) is 0 Å². The van der Waals surface area contributed by atoms with Crippen LogP contribution in [0.2, 0.25) is 0 Å². The van der Waals surface area contributed by atoms with Gasteiger partial charge in [-0.25, -0.2) is 14.5 Å². The van der Waals surface area contributed by atoms with Gasteiger partial charge in [-0.2, -0.15) is 5.10 Å². The van der Waals surface area contributed by atoms with Crippen LogP contribution in [-0.4, -0.2) is 51.7 Å². The van der Waals surface area contributed by atoms with Gasteiger partial charge in [-0.05, 0) is 47.1 Å². The molecule has 0 fully saturated rings. The van der Waals surface area contributed by atoms with E-state index in [1.54, 1.807) is 27.7 Å².